The van der Waals surface area contributed by atoms with Crippen LogP contribution < -0.4 is 5.32 Å². The van der Waals surface area contributed by atoms with E-state index in [4.69, 9.17) is 0 Å². The first-order valence-electron chi connectivity index (χ1n) is 5.67. The van der Waals surface area contributed by atoms with Gasteiger partial charge >= 0.3 is 0 Å². The molecule has 0 aromatic heterocycles. The van der Waals surface area contributed by atoms with Gasteiger partial charge in [-0.15, -0.1) is 0 Å². The highest BCUT2D eigenvalue weighted by Crippen LogP contribution is 2.35. The number of hydrogen-bond acceptors (Lipinski definition) is 1. The summed E-state index contributed by atoms with van der Waals surface area (Å²) in [6.45, 7) is 4.55. The van der Waals surface area contributed by atoms with Crippen LogP contribution in [0, 0.1) is 17.7 Å². The van der Waals surface area contributed by atoms with Gasteiger partial charge in [-0.1, -0.05) is 13.8 Å². The highest BCUT2D eigenvalue weighted by molar-refractivity contribution is 5.44. The molecule has 2 heteroatoms. The molecule has 2 rings (SSSR count). The van der Waals surface area contributed by atoms with Crippen LogP contribution in [-0.4, -0.2) is 6.04 Å². The molecule has 15 heavy (non-hydrogen) atoms. The molecule has 1 N–H and O–H groups in total. The van der Waals surface area contributed by atoms with E-state index in [1.54, 1.807) is 12.1 Å². The number of halogens is 1. The molecule has 82 valence electrons. The first-order valence-corrected chi connectivity index (χ1v) is 5.67. The van der Waals surface area contributed by atoms with Crippen molar-refractivity contribution >= 4 is 5.69 Å². The standard InChI is InChI=1S/C13H18FN/c1-9(2)10-7-13(8-10)15-12-5-3-11(14)4-6-12/h3-6,9-10,13,15H,7-8H2,1-2H3. The fraction of sp³-hybridized carbons (Fsp3) is 0.538. The van der Waals surface area contributed by atoms with Crippen molar-refractivity contribution in [1.82, 2.24) is 0 Å². The smallest absolute Gasteiger partial charge is 0.123 e. The van der Waals surface area contributed by atoms with Crippen molar-refractivity contribution in [2.45, 2.75) is 32.7 Å². The Morgan fingerprint density at radius 3 is 2.33 bits per heavy atom. The summed E-state index contributed by atoms with van der Waals surface area (Å²) in [5.41, 5.74) is 1.03. The van der Waals surface area contributed by atoms with Gasteiger partial charge in [0.05, 0.1) is 0 Å². The molecule has 0 spiro atoms. The Balaban J connectivity index is 1.82. The SMILES string of the molecule is CC(C)C1CC(Nc2ccc(F)cc2)C1. The molecule has 1 fully saturated rings. The molecule has 0 radical (unpaired) electrons. The van der Waals surface area contributed by atoms with Gasteiger partial charge in [-0.3, -0.25) is 0 Å². The summed E-state index contributed by atoms with van der Waals surface area (Å²) in [6, 6.07) is 7.20. The van der Waals surface area contributed by atoms with E-state index in [1.165, 1.54) is 25.0 Å². The van der Waals surface area contributed by atoms with Crippen molar-refractivity contribution in [3.05, 3.63) is 30.1 Å². The fourth-order valence-electron chi connectivity index (χ4n) is 2.11. The monoisotopic (exact) mass is 207 g/mol. The van der Waals surface area contributed by atoms with E-state index < -0.39 is 0 Å². The molecule has 1 aromatic carbocycles. The first-order chi connectivity index (χ1) is 7.15. The zero-order chi connectivity index (χ0) is 10.8. The molecule has 1 aliphatic carbocycles. The maximum Gasteiger partial charge on any atom is 0.123 e. The Kier molecular flexibility index (Phi) is 2.94. The molecular formula is C13H18FN. The summed E-state index contributed by atoms with van der Waals surface area (Å²) in [5, 5.41) is 3.42. The minimum Gasteiger partial charge on any atom is -0.382 e. The lowest BCUT2D eigenvalue weighted by Crippen LogP contribution is -2.37. The van der Waals surface area contributed by atoms with Crippen molar-refractivity contribution in [2.24, 2.45) is 11.8 Å². The molecule has 0 aliphatic heterocycles. The minimum atomic E-state index is -0.172. The largest absolute Gasteiger partial charge is 0.382 e. The third-order valence-corrected chi connectivity index (χ3v) is 3.33. The Morgan fingerprint density at radius 2 is 1.80 bits per heavy atom. The Labute approximate surface area is 90.7 Å². The first kappa shape index (κ1) is 10.5. The molecule has 0 unspecified atom stereocenters. The third kappa shape index (κ3) is 2.49. The van der Waals surface area contributed by atoms with Crippen LogP contribution in [0.3, 0.4) is 0 Å². The average molecular weight is 207 g/mol. The maximum absolute atomic E-state index is 12.7. The average Bonchev–Trinajstić information content (AvgIpc) is 2.13. The predicted molar refractivity (Wildman–Crippen MR) is 61.4 cm³/mol. The van der Waals surface area contributed by atoms with E-state index in [-0.39, 0.29) is 5.82 Å². The number of rotatable bonds is 3. The molecular weight excluding hydrogens is 189 g/mol. The second-order valence-corrected chi connectivity index (χ2v) is 4.82. The normalized spacial score (nSPS) is 25.1. The van der Waals surface area contributed by atoms with Crippen LogP contribution in [0.25, 0.3) is 0 Å². The van der Waals surface area contributed by atoms with E-state index in [0.29, 0.717) is 6.04 Å². The van der Waals surface area contributed by atoms with Gasteiger partial charge < -0.3 is 5.32 Å². The summed E-state index contributed by atoms with van der Waals surface area (Å²) in [4.78, 5) is 0. The lowest BCUT2D eigenvalue weighted by atomic mass is 9.73. The maximum atomic E-state index is 12.7. The van der Waals surface area contributed by atoms with Crippen molar-refractivity contribution in [1.29, 1.82) is 0 Å². The van der Waals surface area contributed by atoms with Crippen LogP contribution in [0.5, 0.6) is 0 Å². The summed E-state index contributed by atoms with van der Waals surface area (Å²) in [6.07, 6.45) is 2.49. The summed E-state index contributed by atoms with van der Waals surface area (Å²) in [7, 11) is 0. The Hall–Kier alpha value is -1.05. The van der Waals surface area contributed by atoms with Crippen molar-refractivity contribution in [2.75, 3.05) is 5.32 Å². The van der Waals surface area contributed by atoms with Crippen molar-refractivity contribution < 1.29 is 4.39 Å². The second kappa shape index (κ2) is 4.21. The van der Waals surface area contributed by atoms with E-state index in [1.807, 2.05) is 0 Å². The number of anilines is 1. The zero-order valence-corrected chi connectivity index (χ0v) is 9.33. The summed E-state index contributed by atoms with van der Waals surface area (Å²) in [5.74, 6) is 1.48. The van der Waals surface area contributed by atoms with Gasteiger partial charge in [0, 0.05) is 11.7 Å². The van der Waals surface area contributed by atoms with Crippen LogP contribution in [0.2, 0.25) is 0 Å². The van der Waals surface area contributed by atoms with E-state index in [0.717, 1.165) is 17.5 Å². The van der Waals surface area contributed by atoms with Gasteiger partial charge in [-0.2, -0.15) is 0 Å². The highest BCUT2D eigenvalue weighted by Gasteiger charge is 2.30. The van der Waals surface area contributed by atoms with Gasteiger partial charge in [-0.05, 0) is 48.9 Å². The van der Waals surface area contributed by atoms with Gasteiger partial charge in [0.25, 0.3) is 0 Å². The second-order valence-electron chi connectivity index (χ2n) is 4.82. The lowest BCUT2D eigenvalue weighted by Gasteiger charge is -2.39. The van der Waals surface area contributed by atoms with Crippen LogP contribution in [0.1, 0.15) is 26.7 Å². The van der Waals surface area contributed by atoms with Crippen LogP contribution in [0.15, 0.2) is 24.3 Å². The van der Waals surface area contributed by atoms with Gasteiger partial charge in [0.1, 0.15) is 5.82 Å². The van der Waals surface area contributed by atoms with Crippen molar-refractivity contribution in [3.8, 4) is 0 Å². The fourth-order valence-corrected chi connectivity index (χ4v) is 2.11. The van der Waals surface area contributed by atoms with E-state index in [9.17, 15) is 4.39 Å². The van der Waals surface area contributed by atoms with Crippen LogP contribution in [0.4, 0.5) is 10.1 Å². The molecule has 1 nitrogen and oxygen atoms in total. The summed E-state index contributed by atoms with van der Waals surface area (Å²) >= 11 is 0. The number of benzene rings is 1. The molecule has 1 saturated carbocycles. The van der Waals surface area contributed by atoms with Gasteiger partial charge in [0.2, 0.25) is 0 Å². The molecule has 0 atom stereocenters. The summed E-state index contributed by atoms with van der Waals surface area (Å²) < 4.78 is 12.7. The quantitative estimate of drug-likeness (QED) is 0.797. The molecule has 0 amide bonds. The Bertz CT molecular complexity index is 312. The number of nitrogens with one attached hydrogen (secondary N) is 1. The van der Waals surface area contributed by atoms with Gasteiger partial charge in [-0.25, -0.2) is 4.39 Å². The molecule has 0 heterocycles. The molecule has 0 bridgehead atoms. The lowest BCUT2D eigenvalue weighted by molar-refractivity contribution is 0.212. The molecule has 1 aromatic rings. The molecule has 1 aliphatic rings. The van der Waals surface area contributed by atoms with Crippen LogP contribution in [-0.2, 0) is 0 Å². The highest BCUT2D eigenvalue weighted by atomic mass is 19.1. The minimum absolute atomic E-state index is 0.172. The van der Waals surface area contributed by atoms with E-state index >= 15 is 0 Å². The molecule has 0 saturated heterocycles. The number of hydrogen-bond donors (Lipinski definition) is 1. The topological polar surface area (TPSA) is 12.0 Å². The van der Waals surface area contributed by atoms with Crippen LogP contribution >= 0.6 is 0 Å². The zero-order valence-electron chi connectivity index (χ0n) is 9.33. The van der Waals surface area contributed by atoms with Gasteiger partial charge in [0.15, 0.2) is 0 Å². The Morgan fingerprint density at radius 1 is 1.20 bits per heavy atom. The predicted octanol–water partition coefficient (Wildman–Crippen LogP) is 3.67. The third-order valence-electron chi connectivity index (χ3n) is 3.33. The van der Waals surface area contributed by atoms with E-state index in [2.05, 4.69) is 19.2 Å². The van der Waals surface area contributed by atoms with Crippen molar-refractivity contribution in [3.63, 3.8) is 0 Å².